The fraction of sp³-hybridized carbons (Fsp3) is 0.625. The van der Waals surface area contributed by atoms with Gasteiger partial charge in [-0.1, -0.05) is 0 Å². The number of hydrogen-bond acceptors (Lipinski definition) is 6. The van der Waals surface area contributed by atoms with E-state index in [1.165, 1.54) is 6.92 Å². The van der Waals surface area contributed by atoms with E-state index in [1.54, 1.807) is 6.07 Å². The van der Waals surface area contributed by atoms with Crippen LogP contribution in [0.25, 0.3) is 0 Å². The van der Waals surface area contributed by atoms with Crippen LogP contribution in [0.2, 0.25) is 0 Å². The Kier molecular flexibility index (Phi) is 5.02. The quantitative estimate of drug-likeness (QED) is 0.536. The molecule has 0 bridgehead atoms. The largest absolute Gasteiger partial charge is 0.468 e. The van der Waals surface area contributed by atoms with Crippen molar-refractivity contribution in [3.63, 3.8) is 0 Å². The zero-order chi connectivity index (χ0) is 11.2. The first kappa shape index (κ1) is 12.8. The van der Waals surface area contributed by atoms with E-state index in [4.69, 9.17) is 5.26 Å². The summed E-state index contributed by atoms with van der Waals surface area (Å²) in [6, 6.07) is 1.74. The van der Waals surface area contributed by atoms with Gasteiger partial charge in [-0.25, -0.2) is 0 Å². The lowest BCUT2D eigenvalue weighted by molar-refractivity contribution is -0.155. The number of thiol groups is 1. The SMILES string of the molecule is COC(=O)C(C#N)(CS)COC(C)=O. The molecule has 0 aliphatic carbocycles. The van der Waals surface area contributed by atoms with E-state index in [2.05, 4.69) is 22.1 Å². The number of carbonyl (C=O) groups is 2. The topological polar surface area (TPSA) is 76.4 Å². The first-order valence-corrected chi connectivity index (χ1v) is 4.39. The van der Waals surface area contributed by atoms with E-state index < -0.39 is 17.4 Å². The maximum Gasteiger partial charge on any atom is 0.330 e. The van der Waals surface area contributed by atoms with Gasteiger partial charge < -0.3 is 9.47 Å². The molecule has 0 radical (unpaired) electrons. The van der Waals surface area contributed by atoms with Gasteiger partial charge in [-0.05, 0) is 0 Å². The highest BCUT2D eigenvalue weighted by molar-refractivity contribution is 7.80. The summed E-state index contributed by atoms with van der Waals surface area (Å²) in [5.41, 5.74) is -1.51. The molecule has 0 aromatic heterocycles. The van der Waals surface area contributed by atoms with Crippen molar-refractivity contribution in [1.29, 1.82) is 5.26 Å². The number of methoxy groups -OCH3 is 1. The zero-order valence-corrected chi connectivity index (χ0v) is 8.84. The summed E-state index contributed by atoms with van der Waals surface area (Å²) in [6.07, 6.45) is 0. The maximum absolute atomic E-state index is 11.2. The van der Waals surface area contributed by atoms with Gasteiger partial charge in [0.1, 0.15) is 6.61 Å². The third kappa shape index (κ3) is 2.92. The van der Waals surface area contributed by atoms with Crippen molar-refractivity contribution in [2.75, 3.05) is 19.5 Å². The van der Waals surface area contributed by atoms with Crippen LogP contribution >= 0.6 is 12.6 Å². The van der Waals surface area contributed by atoms with Crippen molar-refractivity contribution in [2.45, 2.75) is 6.92 Å². The van der Waals surface area contributed by atoms with Crippen LogP contribution in [0.3, 0.4) is 0 Å². The second-order valence-corrected chi connectivity index (χ2v) is 2.94. The molecule has 0 rings (SSSR count). The summed E-state index contributed by atoms with van der Waals surface area (Å²) in [5, 5.41) is 8.80. The monoisotopic (exact) mass is 217 g/mol. The average Bonchev–Trinajstić information content (AvgIpc) is 2.19. The van der Waals surface area contributed by atoms with Crippen LogP contribution < -0.4 is 0 Å². The second kappa shape index (κ2) is 5.50. The van der Waals surface area contributed by atoms with Gasteiger partial charge in [0, 0.05) is 12.7 Å². The van der Waals surface area contributed by atoms with Crippen molar-refractivity contribution >= 4 is 24.6 Å². The highest BCUT2D eigenvalue weighted by Gasteiger charge is 2.40. The minimum atomic E-state index is -1.51. The molecule has 5 nitrogen and oxygen atoms in total. The molecule has 1 atom stereocenters. The number of nitriles is 1. The molecule has 0 amide bonds. The van der Waals surface area contributed by atoms with E-state index in [1.807, 2.05) is 0 Å². The normalized spacial score (nSPS) is 13.6. The fourth-order valence-corrected chi connectivity index (χ4v) is 0.994. The number of carbonyl (C=O) groups excluding carboxylic acids is 2. The van der Waals surface area contributed by atoms with Crippen LogP contribution in [0.1, 0.15) is 6.92 Å². The van der Waals surface area contributed by atoms with Gasteiger partial charge in [-0.2, -0.15) is 17.9 Å². The number of nitrogens with zero attached hydrogens (tertiary/aromatic N) is 1. The van der Waals surface area contributed by atoms with E-state index >= 15 is 0 Å². The Morgan fingerprint density at radius 3 is 2.43 bits per heavy atom. The van der Waals surface area contributed by atoms with E-state index in [-0.39, 0.29) is 12.4 Å². The van der Waals surface area contributed by atoms with Crippen LogP contribution in [-0.4, -0.2) is 31.4 Å². The van der Waals surface area contributed by atoms with Crippen molar-refractivity contribution in [2.24, 2.45) is 5.41 Å². The molecule has 0 aromatic rings. The highest BCUT2D eigenvalue weighted by atomic mass is 32.1. The first-order valence-electron chi connectivity index (χ1n) is 3.76. The first-order chi connectivity index (χ1) is 6.52. The van der Waals surface area contributed by atoms with Crippen molar-refractivity contribution < 1.29 is 19.1 Å². The minimum Gasteiger partial charge on any atom is -0.468 e. The van der Waals surface area contributed by atoms with Gasteiger partial charge in [-0.3, -0.25) is 9.59 Å². The van der Waals surface area contributed by atoms with Gasteiger partial charge in [0.2, 0.25) is 0 Å². The second-order valence-electron chi connectivity index (χ2n) is 2.62. The standard InChI is InChI=1S/C8H11NO4S/c1-6(10)13-4-8(3-9,5-14)7(11)12-2/h14H,4-5H2,1-2H3. The van der Waals surface area contributed by atoms with Crippen LogP contribution in [0.4, 0.5) is 0 Å². The molecule has 0 aliphatic heterocycles. The van der Waals surface area contributed by atoms with E-state index in [0.717, 1.165) is 7.11 Å². The van der Waals surface area contributed by atoms with E-state index in [9.17, 15) is 9.59 Å². The summed E-state index contributed by atoms with van der Waals surface area (Å²) >= 11 is 3.86. The zero-order valence-electron chi connectivity index (χ0n) is 7.94. The maximum atomic E-state index is 11.2. The summed E-state index contributed by atoms with van der Waals surface area (Å²) in [4.78, 5) is 21.7. The van der Waals surface area contributed by atoms with Crippen LogP contribution in [0.5, 0.6) is 0 Å². The number of hydrogen-bond donors (Lipinski definition) is 1. The summed E-state index contributed by atoms with van der Waals surface area (Å²) in [5.74, 6) is -1.38. The average molecular weight is 217 g/mol. The minimum absolute atomic E-state index is 0.0660. The summed E-state index contributed by atoms with van der Waals surface area (Å²) in [6.45, 7) is 0.854. The molecular weight excluding hydrogens is 206 g/mol. The molecule has 0 saturated carbocycles. The van der Waals surface area contributed by atoms with Crippen molar-refractivity contribution in [3.05, 3.63) is 0 Å². The molecule has 6 heteroatoms. The number of esters is 2. The number of ether oxygens (including phenoxy) is 2. The predicted molar refractivity (Wildman–Crippen MR) is 50.5 cm³/mol. The molecule has 1 unspecified atom stereocenters. The molecule has 0 aliphatic rings. The molecule has 0 saturated heterocycles. The van der Waals surface area contributed by atoms with Gasteiger partial charge >= 0.3 is 11.9 Å². The van der Waals surface area contributed by atoms with Crippen LogP contribution in [0, 0.1) is 16.7 Å². The lowest BCUT2D eigenvalue weighted by Gasteiger charge is -2.20. The Morgan fingerprint density at radius 2 is 2.14 bits per heavy atom. The van der Waals surface area contributed by atoms with Gasteiger partial charge in [-0.15, -0.1) is 0 Å². The molecule has 0 fully saturated rings. The Morgan fingerprint density at radius 1 is 1.57 bits per heavy atom. The highest BCUT2D eigenvalue weighted by Crippen LogP contribution is 2.20. The smallest absolute Gasteiger partial charge is 0.330 e. The molecule has 0 N–H and O–H groups in total. The molecule has 14 heavy (non-hydrogen) atoms. The van der Waals surface area contributed by atoms with Gasteiger partial charge in [0.05, 0.1) is 13.2 Å². The van der Waals surface area contributed by atoms with Gasteiger partial charge in [0.25, 0.3) is 0 Å². The van der Waals surface area contributed by atoms with E-state index in [0.29, 0.717) is 0 Å². The Labute approximate surface area is 87.4 Å². The van der Waals surface area contributed by atoms with Crippen LogP contribution in [-0.2, 0) is 19.1 Å². The van der Waals surface area contributed by atoms with Gasteiger partial charge in [0.15, 0.2) is 5.41 Å². The lowest BCUT2D eigenvalue weighted by Crippen LogP contribution is -2.38. The van der Waals surface area contributed by atoms with Crippen molar-refractivity contribution in [1.82, 2.24) is 0 Å². The Balaban J connectivity index is 4.64. The predicted octanol–water partition coefficient (Wildman–Crippen LogP) is 0.162. The third-order valence-electron chi connectivity index (χ3n) is 1.58. The lowest BCUT2D eigenvalue weighted by atomic mass is 9.94. The Hall–Kier alpha value is -1.22. The third-order valence-corrected chi connectivity index (χ3v) is 2.12. The summed E-state index contributed by atoms with van der Waals surface area (Å²) < 4.78 is 9.03. The molecule has 0 heterocycles. The molecular formula is C8H11NO4S. The fourth-order valence-electron chi connectivity index (χ4n) is 0.703. The summed E-state index contributed by atoms with van der Waals surface area (Å²) in [7, 11) is 1.16. The Bertz CT molecular complexity index is 273. The van der Waals surface area contributed by atoms with Crippen LogP contribution in [0.15, 0.2) is 0 Å². The number of rotatable bonds is 4. The molecule has 0 spiro atoms. The molecule has 78 valence electrons. The van der Waals surface area contributed by atoms with Crippen molar-refractivity contribution in [3.8, 4) is 6.07 Å². The molecule has 0 aromatic carbocycles.